The van der Waals surface area contributed by atoms with E-state index in [0.29, 0.717) is 32.3 Å². The molecule has 7 heteroatoms. The van der Waals surface area contributed by atoms with E-state index in [1.54, 1.807) is 14.2 Å². The smallest absolute Gasteiger partial charge is 0.354 e. The summed E-state index contributed by atoms with van der Waals surface area (Å²) in [4.78, 5) is 20.9. The van der Waals surface area contributed by atoms with Crippen LogP contribution in [-0.2, 0) is 9.47 Å². The van der Waals surface area contributed by atoms with E-state index in [2.05, 4.69) is 9.97 Å². The lowest BCUT2D eigenvalue weighted by atomic mass is 10.4. The molecule has 0 atom stereocenters. The van der Waals surface area contributed by atoms with Crippen LogP contribution in [0.4, 0.5) is 5.95 Å². The number of rotatable bonds is 9. The normalized spacial score (nSPS) is 10.4. The number of carbonyl (C=O) groups is 1. The maximum atomic E-state index is 10.9. The summed E-state index contributed by atoms with van der Waals surface area (Å²) < 4.78 is 10.0. The molecule has 0 fully saturated rings. The lowest BCUT2D eigenvalue weighted by Gasteiger charge is -2.22. The molecule has 0 aliphatic heterocycles. The topological polar surface area (TPSA) is 84.8 Å². The van der Waals surface area contributed by atoms with E-state index in [0.717, 1.165) is 6.42 Å². The van der Waals surface area contributed by atoms with Crippen LogP contribution < -0.4 is 4.90 Å². The Bertz CT molecular complexity index is 400. The molecule has 1 aromatic rings. The second-order valence-electron chi connectivity index (χ2n) is 3.87. The molecule has 0 aliphatic rings. The van der Waals surface area contributed by atoms with E-state index in [9.17, 15) is 4.79 Å². The van der Waals surface area contributed by atoms with Gasteiger partial charge in [-0.15, -0.1) is 0 Å². The molecule has 0 amide bonds. The van der Waals surface area contributed by atoms with Gasteiger partial charge in [-0.05, 0) is 12.5 Å². The highest BCUT2D eigenvalue weighted by Crippen LogP contribution is 2.08. The van der Waals surface area contributed by atoms with Gasteiger partial charge in [0.1, 0.15) is 0 Å². The van der Waals surface area contributed by atoms with Gasteiger partial charge in [-0.1, -0.05) is 0 Å². The zero-order valence-electron chi connectivity index (χ0n) is 11.2. The number of anilines is 1. The highest BCUT2D eigenvalue weighted by molar-refractivity contribution is 5.85. The van der Waals surface area contributed by atoms with Crippen LogP contribution in [-0.4, -0.2) is 61.6 Å². The van der Waals surface area contributed by atoms with Gasteiger partial charge in [-0.25, -0.2) is 14.8 Å². The Morgan fingerprint density at radius 3 is 2.68 bits per heavy atom. The highest BCUT2D eigenvalue weighted by atomic mass is 16.5. The van der Waals surface area contributed by atoms with Gasteiger partial charge in [-0.2, -0.15) is 0 Å². The van der Waals surface area contributed by atoms with Crippen molar-refractivity contribution in [3.63, 3.8) is 0 Å². The van der Waals surface area contributed by atoms with Crippen molar-refractivity contribution in [2.45, 2.75) is 6.42 Å². The Labute approximate surface area is 112 Å². The van der Waals surface area contributed by atoms with E-state index in [1.807, 2.05) is 4.90 Å². The number of carboxylic acids is 1. The van der Waals surface area contributed by atoms with Crippen LogP contribution in [0.2, 0.25) is 0 Å². The molecule has 106 valence electrons. The second kappa shape index (κ2) is 8.39. The minimum atomic E-state index is -1.06. The molecule has 0 bridgehead atoms. The zero-order chi connectivity index (χ0) is 14.1. The number of carboxylic acid groups (broad SMARTS) is 1. The fourth-order valence-corrected chi connectivity index (χ4v) is 1.53. The van der Waals surface area contributed by atoms with Gasteiger partial charge in [0, 0.05) is 40.1 Å². The van der Waals surface area contributed by atoms with E-state index in [4.69, 9.17) is 14.6 Å². The van der Waals surface area contributed by atoms with Crippen LogP contribution >= 0.6 is 0 Å². The summed E-state index contributed by atoms with van der Waals surface area (Å²) >= 11 is 0. The predicted octanol–water partition coefficient (Wildman–Crippen LogP) is 0.664. The number of hydrogen-bond acceptors (Lipinski definition) is 6. The predicted molar refractivity (Wildman–Crippen MR) is 69.6 cm³/mol. The average molecular weight is 269 g/mol. The van der Waals surface area contributed by atoms with E-state index >= 15 is 0 Å². The summed E-state index contributed by atoms with van der Waals surface area (Å²) in [5.74, 6) is -0.666. The van der Waals surface area contributed by atoms with Crippen molar-refractivity contribution in [1.29, 1.82) is 0 Å². The van der Waals surface area contributed by atoms with Gasteiger partial charge >= 0.3 is 5.97 Å². The standard InChI is InChI=1S/C12H19N3O4/c1-18-8-3-6-15(7-9-19-2)12-13-5-4-10(14-12)11(16)17/h4-5H,3,6-9H2,1-2H3,(H,16,17). The average Bonchev–Trinajstić information content (AvgIpc) is 2.43. The van der Waals surface area contributed by atoms with Crippen LogP contribution in [0.25, 0.3) is 0 Å². The fraction of sp³-hybridized carbons (Fsp3) is 0.583. The van der Waals surface area contributed by atoms with Crippen LogP contribution in [0.15, 0.2) is 12.3 Å². The third kappa shape index (κ3) is 5.19. The van der Waals surface area contributed by atoms with Crippen LogP contribution in [0.1, 0.15) is 16.9 Å². The minimum Gasteiger partial charge on any atom is -0.477 e. The first kappa shape index (κ1) is 15.3. The first-order valence-corrected chi connectivity index (χ1v) is 5.98. The third-order valence-corrected chi connectivity index (χ3v) is 2.49. The van der Waals surface area contributed by atoms with Crippen molar-refractivity contribution < 1.29 is 19.4 Å². The number of aromatic nitrogens is 2. The zero-order valence-corrected chi connectivity index (χ0v) is 11.2. The van der Waals surface area contributed by atoms with Gasteiger partial charge in [-0.3, -0.25) is 0 Å². The van der Waals surface area contributed by atoms with Gasteiger partial charge in [0.05, 0.1) is 6.61 Å². The Balaban J connectivity index is 2.76. The number of methoxy groups -OCH3 is 2. The molecular formula is C12H19N3O4. The lowest BCUT2D eigenvalue weighted by molar-refractivity contribution is 0.0690. The van der Waals surface area contributed by atoms with Crippen LogP contribution in [0, 0.1) is 0 Å². The largest absolute Gasteiger partial charge is 0.477 e. The summed E-state index contributed by atoms with van der Waals surface area (Å²) in [5.41, 5.74) is -0.0147. The van der Waals surface area contributed by atoms with Crippen molar-refractivity contribution in [1.82, 2.24) is 9.97 Å². The maximum Gasteiger partial charge on any atom is 0.354 e. The number of aromatic carboxylic acids is 1. The van der Waals surface area contributed by atoms with Crippen molar-refractivity contribution in [2.75, 3.05) is 45.4 Å². The molecule has 7 nitrogen and oxygen atoms in total. The Hall–Kier alpha value is -1.73. The van der Waals surface area contributed by atoms with E-state index in [-0.39, 0.29) is 5.69 Å². The molecule has 1 N–H and O–H groups in total. The molecule has 19 heavy (non-hydrogen) atoms. The summed E-state index contributed by atoms with van der Waals surface area (Å²) in [5, 5.41) is 8.93. The summed E-state index contributed by atoms with van der Waals surface area (Å²) in [6, 6.07) is 1.37. The van der Waals surface area contributed by atoms with Gasteiger partial charge in [0.25, 0.3) is 0 Å². The molecule has 0 radical (unpaired) electrons. The van der Waals surface area contributed by atoms with Crippen molar-refractivity contribution in [2.24, 2.45) is 0 Å². The molecule has 1 heterocycles. The number of nitrogens with zero attached hydrogens (tertiary/aromatic N) is 3. The van der Waals surface area contributed by atoms with E-state index in [1.165, 1.54) is 12.3 Å². The van der Waals surface area contributed by atoms with Crippen molar-refractivity contribution in [3.05, 3.63) is 18.0 Å². The molecule has 0 saturated carbocycles. The number of ether oxygens (including phenoxy) is 2. The molecule has 1 aromatic heterocycles. The van der Waals surface area contributed by atoms with E-state index < -0.39 is 5.97 Å². The molecule has 0 spiro atoms. The molecule has 1 rings (SSSR count). The quantitative estimate of drug-likeness (QED) is 0.659. The van der Waals surface area contributed by atoms with Gasteiger partial charge < -0.3 is 19.5 Å². The summed E-state index contributed by atoms with van der Waals surface area (Å²) in [6.45, 7) is 2.43. The first-order valence-electron chi connectivity index (χ1n) is 5.98. The third-order valence-electron chi connectivity index (χ3n) is 2.49. The highest BCUT2D eigenvalue weighted by Gasteiger charge is 2.12. The van der Waals surface area contributed by atoms with Crippen molar-refractivity contribution >= 4 is 11.9 Å². The SMILES string of the molecule is COCCCN(CCOC)c1nccc(C(=O)O)n1. The minimum absolute atomic E-state index is 0.0147. The number of hydrogen-bond donors (Lipinski definition) is 1. The summed E-state index contributed by atoms with van der Waals surface area (Å²) in [7, 11) is 3.25. The Morgan fingerprint density at radius 1 is 1.32 bits per heavy atom. The Kier molecular flexibility index (Phi) is 6.76. The first-order chi connectivity index (χ1) is 9.19. The molecule has 0 aliphatic carbocycles. The monoisotopic (exact) mass is 269 g/mol. The van der Waals surface area contributed by atoms with Gasteiger partial charge in [0.2, 0.25) is 5.95 Å². The molecule has 0 aromatic carbocycles. The molecule has 0 unspecified atom stereocenters. The van der Waals surface area contributed by atoms with Crippen LogP contribution in [0.3, 0.4) is 0 Å². The summed E-state index contributed by atoms with van der Waals surface area (Å²) in [6.07, 6.45) is 2.25. The lowest BCUT2D eigenvalue weighted by Crippen LogP contribution is -2.31. The second-order valence-corrected chi connectivity index (χ2v) is 3.87. The maximum absolute atomic E-state index is 10.9. The Morgan fingerprint density at radius 2 is 2.05 bits per heavy atom. The molecular weight excluding hydrogens is 250 g/mol. The fourth-order valence-electron chi connectivity index (χ4n) is 1.53. The molecule has 0 saturated heterocycles. The van der Waals surface area contributed by atoms with Crippen molar-refractivity contribution in [3.8, 4) is 0 Å². The van der Waals surface area contributed by atoms with Gasteiger partial charge in [0.15, 0.2) is 5.69 Å². The van der Waals surface area contributed by atoms with Crippen LogP contribution in [0.5, 0.6) is 0 Å².